The molecule has 0 amide bonds. The maximum Gasteiger partial charge on any atom is 0.341 e. The molecule has 2 aliphatic rings. The van der Waals surface area contributed by atoms with Crippen LogP contribution in [0.2, 0.25) is 0 Å². The van der Waals surface area contributed by atoms with Gasteiger partial charge in [-0.05, 0) is 18.9 Å². The first kappa shape index (κ1) is 18.4. The van der Waals surface area contributed by atoms with Crippen molar-refractivity contribution in [3.8, 4) is 0 Å². The van der Waals surface area contributed by atoms with Crippen LogP contribution in [0.4, 0.5) is 10.2 Å². The second-order valence-electron chi connectivity index (χ2n) is 7.04. The van der Waals surface area contributed by atoms with E-state index in [4.69, 9.17) is 10.6 Å². The van der Waals surface area contributed by atoms with Crippen molar-refractivity contribution in [2.75, 3.05) is 25.1 Å². The highest BCUT2D eigenvalue weighted by Gasteiger charge is 2.33. The van der Waals surface area contributed by atoms with Crippen LogP contribution in [0, 0.1) is 5.82 Å². The topological polar surface area (TPSA) is 123 Å². The molecule has 3 N–H and O–H groups in total. The van der Waals surface area contributed by atoms with Crippen molar-refractivity contribution in [3.05, 3.63) is 33.9 Å². The Bertz CT molecular complexity index is 1050. The highest BCUT2D eigenvalue weighted by Crippen LogP contribution is 2.37. The van der Waals surface area contributed by atoms with Gasteiger partial charge in [0.15, 0.2) is 11.6 Å². The number of anilines is 1. The molecule has 28 heavy (non-hydrogen) atoms. The fraction of sp³-hybridized carbons (Fsp3) is 0.444. The van der Waals surface area contributed by atoms with Crippen LogP contribution in [-0.4, -0.2) is 52.6 Å². The lowest BCUT2D eigenvalue weighted by Crippen LogP contribution is -2.36. The van der Waals surface area contributed by atoms with E-state index in [1.807, 2.05) is 0 Å². The number of aromatic carboxylic acids is 1. The van der Waals surface area contributed by atoms with E-state index < -0.39 is 17.2 Å². The molecule has 3 heterocycles. The van der Waals surface area contributed by atoms with Crippen molar-refractivity contribution < 1.29 is 19.1 Å². The van der Waals surface area contributed by atoms with Gasteiger partial charge in [0.1, 0.15) is 18.3 Å². The third kappa shape index (κ3) is 2.99. The molecule has 0 spiro atoms. The minimum Gasteiger partial charge on any atom is -0.477 e. The highest BCUT2D eigenvalue weighted by atomic mass is 19.1. The zero-order valence-corrected chi connectivity index (χ0v) is 15.3. The van der Waals surface area contributed by atoms with E-state index in [1.165, 1.54) is 13.3 Å². The first-order valence-corrected chi connectivity index (χ1v) is 8.98. The van der Waals surface area contributed by atoms with Gasteiger partial charge in [0, 0.05) is 31.2 Å². The van der Waals surface area contributed by atoms with Crippen molar-refractivity contribution in [1.82, 2.24) is 9.55 Å². The number of halogens is 1. The maximum absolute atomic E-state index is 14.9. The van der Waals surface area contributed by atoms with Crippen LogP contribution in [0.15, 0.2) is 22.2 Å². The Morgan fingerprint density at radius 2 is 2.25 bits per heavy atom. The molecule has 0 bridgehead atoms. The first-order valence-electron chi connectivity index (χ1n) is 8.98. The number of hydrogen-bond donors (Lipinski definition) is 2. The van der Waals surface area contributed by atoms with E-state index in [9.17, 15) is 19.1 Å². The summed E-state index contributed by atoms with van der Waals surface area (Å²) < 4.78 is 16.6. The van der Waals surface area contributed by atoms with Gasteiger partial charge in [0.2, 0.25) is 5.43 Å². The second-order valence-corrected chi connectivity index (χ2v) is 7.04. The molecule has 10 heteroatoms. The average Bonchev–Trinajstić information content (AvgIpc) is 3.42. The Balaban J connectivity index is 1.90. The molecule has 4 rings (SSSR count). The quantitative estimate of drug-likeness (QED) is 0.734. The number of oxime groups is 1. The Labute approximate surface area is 159 Å². The number of nitrogens with two attached hydrogens (primary N) is 1. The Hall–Kier alpha value is -3.01. The second kappa shape index (κ2) is 6.86. The van der Waals surface area contributed by atoms with Gasteiger partial charge in [-0.15, -0.1) is 0 Å². The summed E-state index contributed by atoms with van der Waals surface area (Å²) in [4.78, 5) is 34.9. The lowest BCUT2D eigenvalue weighted by molar-refractivity contribution is 0.0695. The standard InChI is InChI=1S/C18H20FN5O4/c1-28-22-9-4-11(6-20)23(7-9)17-14(19)5-12-15(25)13(18(26)27)8-24(10-2-3-10)16(12)21-17/h5,8,10-11H,2-4,6-7,20H2,1H3,(H,26,27). The minimum atomic E-state index is -1.34. The summed E-state index contributed by atoms with van der Waals surface area (Å²) in [6.45, 7) is 0.585. The van der Waals surface area contributed by atoms with Crippen LogP contribution in [0.3, 0.4) is 0 Å². The summed E-state index contributed by atoms with van der Waals surface area (Å²) in [5, 5.41) is 13.2. The molecule has 1 aliphatic heterocycles. The predicted molar refractivity (Wildman–Crippen MR) is 100 cm³/mol. The smallest absolute Gasteiger partial charge is 0.341 e. The first-order chi connectivity index (χ1) is 13.4. The molecule has 2 aromatic heterocycles. The van der Waals surface area contributed by atoms with Crippen molar-refractivity contribution >= 4 is 28.5 Å². The summed E-state index contributed by atoms with van der Waals surface area (Å²) in [6.07, 6.45) is 3.54. The number of carboxylic acid groups (broad SMARTS) is 1. The molecular weight excluding hydrogens is 369 g/mol. The highest BCUT2D eigenvalue weighted by molar-refractivity contribution is 5.94. The van der Waals surface area contributed by atoms with Crippen LogP contribution in [0.25, 0.3) is 11.0 Å². The molecule has 1 atom stereocenters. The lowest BCUT2D eigenvalue weighted by Gasteiger charge is -2.25. The number of rotatable bonds is 5. The fourth-order valence-corrected chi connectivity index (χ4v) is 3.65. The van der Waals surface area contributed by atoms with Gasteiger partial charge in [-0.3, -0.25) is 4.79 Å². The van der Waals surface area contributed by atoms with Gasteiger partial charge < -0.3 is 25.1 Å². The average molecular weight is 389 g/mol. The van der Waals surface area contributed by atoms with E-state index in [-0.39, 0.29) is 41.0 Å². The zero-order valence-electron chi connectivity index (χ0n) is 15.3. The van der Waals surface area contributed by atoms with E-state index in [1.54, 1.807) is 9.47 Å². The summed E-state index contributed by atoms with van der Waals surface area (Å²) in [7, 11) is 1.44. The van der Waals surface area contributed by atoms with E-state index in [2.05, 4.69) is 10.1 Å². The molecule has 1 aliphatic carbocycles. The molecular formula is C18H20FN5O4. The van der Waals surface area contributed by atoms with Crippen LogP contribution >= 0.6 is 0 Å². The number of aromatic nitrogens is 2. The molecule has 2 aromatic rings. The van der Waals surface area contributed by atoms with Crippen LogP contribution in [0.1, 0.15) is 35.7 Å². The van der Waals surface area contributed by atoms with Crippen LogP contribution < -0.4 is 16.1 Å². The van der Waals surface area contributed by atoms with Crippen LogP contribution in [0.5, 0.6) is 0 Å². The van der Waals surface area contributed by atoms with Crippen molar-refractivity contribution in [2.24, 2.45) is 10.9 Å². The lowest BCUT2D eigenvalue weighted by atomic mass is 10.1. The number of pyridine rings is 2. The molecule has 0 aromatic carbocycles. The van der Waals surface area contributed by atoms with E-state index in [0.717, 1.165) is 24.6 Å². The monoisotopic (exact) mass is 389 g/mol. The van der Waals surface area contributed by atoms with Crippen molar-refractivity contribution in [1.29, 1.82) is 0 Å². The summed E-state index contributed by atoms with van der Waals surface area (Å²) >= 11 is 0. The molecule has 0 radical (unpaired) electrons. The number of carbonyl (C=O) groups is 1. The van der Waals surface area contributed by atoms with Crippen LogP contribution in [-0.2, 0) is 4.84 Å². The third-order valence-corrected chi connectivity index (χ3v) is 5.14. The Kier molecular flexibility index (Phi) is 4.50. The summed E-state index contributed by atoms with van der Waals surface area (Å²) in [5.74, 6) is -1.97. The van der Waals surface area contributed by atoms with E-state index in [0.29, 0.717) is 13.0 Å². The van der Waals surface area contributed by atoms with Crippen molar-refractivity contribution in [2.45, 2.75) is 31.3 Å². The minimum absolute atomic E-state index is 0.0395. The number of nitrogens with zero attached hydrogens (tertiary/aromatic N) is 4. The maximum atomic E-state index is 14.9. The number of carboxylic acids is 1. The summed E-state index contributed by atoms with van der Waals surface area (Å²) in [5.41, 5.74) is 5.72. The normalized spacial score (nSPS) is 20.9. The van der Waals surface area contributed by atoms with Gasteiger partial charge in [0.05, 0.1) is 17.6 Å². The molecule has 1 saturated heterocycles. The Morgan fingerprint density at radius 3 is 2.86 bits per heavy atom. The number of fused-ring (bicyclic) bond motifs is 1. The molecule has 1 saturated carbocycles. The van der Waals surface area contributed by atoms with Gasteiger partial charge in [-0.1, -0.05) is 5.16 Å². The zero-order chi connectivity index (χ0) is 20.0. The fourth-order valence-electron chi connectivity index (χ4n) is 3.65. The SMILES string of the molecule is CON=C1CC(CN)N(c2nc3c(cc2F)c(=O)c(C(=O)O)cn3C2CC2)C1. The molecule has 2 fully saturated rings. The number of hydrogen-bond acceptors (Lipinski definition) is 7. The summed E-state index contributed by atoms with van der Waals surface area (Å²) in [6, 6.07) is 0.930. The van der Waals surface area contributed by atoms with Gasteiger partial charge in [-0.25, -0.2) is 14.2 Å². The molecule has 148 valence electrons. The van der Waals surface area contributed by atoms with Gasteiger partial charge in [-0.2, -0.15) is 0 Å². The predicted octanol–water partition coefficient (Wildman–Crippen LogP) is 1.11. The van der Waals surface area contributed by atoms with Gasteiger partial charge >= 0.3 is 5.97 Å². The van der Waals surface area contributed by atoms with E-state index >= 15 is 0 Å². The largest absolute Gasteiger partial charge is 0.477 e. The van der Waals surface area contributed by atoms with Gasteiger partial charge in [0.25, 0.3) is 0 Å². The third-order valence-electron chi connectivity index (χ3n) is 5.14. The van der Waals surface area contributed by atoms with Crippen molar-refractivity contribution in [3.63, 3.8) is 0 Å². The molecule has 1 unspecified atom stereocenters. The molecule has 9 nitrogen and oxygen atoms in total. The Morgan fingerprint density at radius 1 is 1.50 bits per heavy atom.